The summed E-state index contributed by atoms with van der Waals surface area (Å²) in [6.45, 7) is 1.98. The first-order valence-electron chi connectivity index (χ1n) is 4.33. The topological polar surface area (TPSA) is 49.7 Å². The van der Waals surface area contributed by atoms with Crippen molar-refractivity contribution < 1.29 is 0 Å². The maximum Gasteiger partial charge on any atom is 0.238 e. The summed E-state index contributed by atoms with van der Waals surface area (Å²) in [5.74, 6) is 0. The number of H-pyrrole nitrogens is 1. The maximum atomic E-state index is 4.93. The maximum absolute atomic E-state index is 4.93. The van der Waals surface area contributed by atoms with E-state index in [1.54, 1.807) is 4.68 Å². The molecule has 0 saturated heterocycles. The van der Waals surface area contributed by atoms with Gasteiger partial charge in [-0.25, -0.2) is 4.68 Å². The standard InChI is InChI=1S/C7H15N5S/c1-11(2)5-3-4-6-12-7(13)8-9-10-12/h3-6H2,1-2H3,(H,8,10,13). The number of unbranched alkanes of at least 4 members (excludes halogenated alkanes) is 1. The molecule has 0 aliphatic heterocycles. The first-order valence-corrected chi connectivity index (χ1v) is 4.73. The van der Waals surface area contributed by atoms with Gasteiger partial charge in [-0.2, -0.15) is 5.21 Å². The summed E-state index contributed by atoms with van der Waals surface area (Å²) in [6.07, 6.45) is 2.25. The van der Waals surface area contributed by atoms with E-state index in [9.17, 15) is 0 Å². The van der Waals surface area contributed by atoms with Crippen molar-refractivity contribution in [1.82, 2.24) is 25.1 Å². The average molecular weight is 201 g/mol. The number of rotatable bonds is 5. The molecule has 1 heterocycles. The monoisotopic (exact) mass is 201 g/mol. The third kappa shape index (κ3) is 3.65. The molecule has 1 N–H and O–H groups in total. The quantitative estimate of drug-likeness (QED) is 0.562. The fourth-order valence-corrected chi connectivity index (χ4v) is 1.23. The highest BCUT2D eigenvalue weighted by Gasteiger charge is 1.95. The zero-order valence-corrected chi connectivity index (χ0v) is 8.84. The van der Waals surface area contributed by atoms with Crippen LogP contribution in [0.5, 0.6) is 0 Å². The Kier molecular flexibility index (Phi) is 4.04. The van der Waals surface area contributed by atoms with E-state index in [1.165, 1.54) is 0 Å². The minimum atomic E-state index is 0.532. The molecular weight excluding hydrogens is 186 g/mol. The van der Waals surface area contributed by atoms with Gasteiger partial charge in [0.2, 0.25) is 4.77 Å². The van der Waals surface area contributed by atoms with E-state index < -0.39 is 0 Å². The number of hydrogen-bond acceptors (Lipinski definition) is 4. The minimum absolute atomic E-state index is 0.532. The van der Waals surface area contributed by atoms with Crippen molar-refractivity contribution in [2.24, 2.45) is 0 Å². The molecule has 0 amide bonds. The number of nitrogens with one attached hydrogen (secondary N) is 1. The van der Waals surface area contributed by atoms with Gasteiger partial charge in [0.25, 0.3) is 0 Å². The van der Waals surface area contributed by atoms with E-state index in [-0.39, 0.29) is 0 Å². The molecule has 0 radical (unpaired) electrons. The van der Waals surface area contributed by atoms with Crippen LogP contribution in [0.25, 0.3) is 0 Å². The van der Waals surface area contributed by atoms with Gasteiger partial charge in [-0.05, 0) is 45.7 Å². The van der Waals surface area contributed by atoms with E-state index in [4.69, 9.17) is 12.2 Å². The third-order valence-electron chi connectivity index (χ3n) is 1.77. The molecule has 0 aliphatic rings. The average Bonchev–Trinajstić information content (AvgIpc) is 2.45. The Labute approximate surface area is 82.7 Å². The van der Waals surface area contributed by atoms with Crippen molar-refractivity contribution in [3.05, 3.63) is 4.77 Å². The molecule has 0 fully saturated rings. The Hall–Kier alpha value is -0.750. The zero-order chi connectivity index (χ0) is 9.68. The van der Waals surface area contributed by atoms with Gasteiger partial charge in [-0.1, -0.05) is 10.3 Å². The first-order chi connectivity index (χ1) is 6.20. The molecule has 74 valence electrons. The summed E-state index contributed by atoms with van der Waals surface area (Å²) in [4.78, 5) is 2.17. The molecule has 13 heavy (non-hydrogen) atoms. The molecule has 1 aromatic heterocycles. The summed E-state index contributed by atoms with van der Waals surface area (Å²) in [7, 11) is 4.15. The number of aromatic nitrogens is 4. The third-order valence-corrected chi connectivity index (χ3v) is 2.07. The van der Waals surface area contributed by atoms with E-state index in [0.29, 0.717) is 4.77 Å². The predicted octanol–water partition coefficient (Wildman–Crippen LogP) is 0.677. The molecule has 0 unspecified atom stereocenters. The van der Waals surface area contributed by atoms with Crippen LogP contribution in [-0.2, 0) is 6.54 Å². The first kappa shape index (κ1) is 10.3. The van der Waals surface area contributed by atoms with Gasteiger partial charge in [0.15, 0.2) is 0 Å². The van der Waals surface area contributed by atoms with Crippen molar-refractivity contribution in [3.63, 3.8) is 0 Å². The Bertz CT molecular complexity index is 289. The van der Waals surface area contributed by atoms with Crippen LogP contribution in [0.2, 0.25) is 0 Å². The SMILES string of the molecule is CN(C)CCCCn1[nH]nnc1=S. The lowest BCUT2D eigenvalue weighted by Gasteiger charge is -2.08. The van der Waals surface area contributed by atoms with Crippen LogP contribution >= 0.6 is 12.2 Å². The van der Waals surface area contributed by atoms with E-state index in [1.807, 2.05) is 0 Å². The number of aryl methyl sites for hydroxylation is 1. The second-order valence-electron chi connectivity index (χ2n) is 3.24. The van der Waals surface area contributed by atoms with Crippen LogP contribution in [0.4, 0.5) is 0 Å². The summed E-state index contributed by atoms with van der Waals surface area (Å²) in [6, 6.07) is 0. The molecule has 0 spiro atoms. The van der Waals surface area contributed by atoms with Crippen molar-refractivity contribution in [1.29, 1.82) is 0 Å². The molecule has 0 atom stereocenters. The summed E-state index contributed by atoms with van der Waals surface area (Å²) >= 11 is 4.93. The van der Waals surface area contributed by atoms with Gasteiger partial charge in [-0.3, -0.25) is 0 Å². The van der Waals surface area contributed by atoms with Crippen LogP contribution in [0.3, 0.4) is 0 Å². The summed E-state index contributed by atoms with van der Waals surface area (Å²) < 4.78 is 2.32. The zero-order valence-electron chi connectivity index (χ0n) is 8.03. The highest BCUT2D eigenvalue weighted by atomic mass is 32.1. The lowest BCUT2D eigenvalue weighted by atomic mass is 10.3. The number of aromatic amines is 1. The fourth-order valence-electron chi connectivity index (χ4n) is 1.06. The summed E-state index contributed by atoms with van der Waals surface area (Å²) in [5.41, 5.74) is 0. The van der Waals surface area contributed by atoms with Crippen LogP contribution in [0.15, 0.2) is 0 Å². The Morgan fingerprint density at radius 3 is 2.77 bits per heavy atom. The fraction of sp³-hybridized carbons (Fsp3) is 0.857. The largest absolute Gasteiger partial charge is 0.309 e. The molecule has 0 aliphatic carbocycles. The van der Waals surface area contributed by atoms with Gasteiger partial charge in [0.1, 0.15) is 0 Å². The number of tetrazole rings is 1. The van der Waals surface area contributed by atoms with Crippen LogP contribution in [-0.4, -0.2) is 45.7 Å². The predicted molar refractivity (Wildman–Crippen MR) is 53.0 cm³/mol. The molecule has 5 nitrogen and oxygen atoms in total. The molecule has 0 aromatic carbocycles. The van der Waals surface area contributed by atoms with Crippen LogP contribution < -0.4 is 0 Å². The molecule has 1 aromatic rings. The lowest BCUT2D eigenvalue weighted by Crippen LogP contribution is -2.13. The van der Waals surface area contributed by atoms with Gasteiger partial charge >= 0.3 is 0 Å². The molecule has 0 saturated carbocycles. The van der Waals surface area contributed by atoms with E-state index in [0.717, 1.165) is 25.9 Å². The van der Waals surface area contributed by atoms with Crippen molar-refractivity contribution in [3.8, 4) is 0 Å². The highest BCUT2D eigenvalue weighted by molar-refractivity contribution is 7.71. The second kappa shape index (κ2) is 5.08. The smallest absolute Gasteiger partial charge is 0.238 e. The Balaban J connectivity index is 2.21. The minimum Gasteiger partial charge on any atom is -0.309 e. The Morgan fingerprint density at radius 1 is 1.46 bits per heavy atom. The van der Waals surface area contributed by atoms with E-state index in [2.05, 4.69) is 34.5 Å². The normalized spacial score (nSPS) is 11.0. The number of nitrogens with zero attached hydrogens (tertiary/aromatic N) is 4. The van der Waals surface area contributed by atoms with E-state index >= 15 is 0 Å². The van der Waals surface area contributed by atoms with Crippen molar-refractivity contribution >= 4 is 12.2 Å². The number of hydrogen-bond donors (Lipinski definition) is 1. The van der Waals surface area contributed by atoms with Gasteiger partial charge < -0.3 is 4.90 Å². The van der Waals surface area contributed by atoms with Crippen molar-refractivity contribution in [2.75, 3.05) is 20.6 Å². The van der Waals surface area contributed by atoms with Gasteiger partial charge in [0.05, 0.1) is 0 Å². The van der Waals surface area contributed by atoms with Gasteiger partial charge in [-0.15, -0.1) is 0 Å². The lowest BCUT2D eigenvalue weighted by molar-refractivity contribution is 0.383. The Morgan fingerprint density at radius 2 is 2.23 bits per heavy atom. The second-order valence-corrected chi connectivity index (χ2v) is 3.61. The summed E-state index contributed by atoms with van der Waals surface area (Å²) in [5, 5.41) is 10.0. The molecular formula is C7H15N5S. The van der Waals surface area contributed by atoms with Crippen LogP contribution in [0, 0.1) is 4.77 Å². The molecule has 1 rings (SSSR count). The van der Waals surface area contributed by atoms with Gasteiger partial charge in [0, 0.05) is 6.54 Å². The molecule has 6 heteroatoms. The van der Waals surface area contributed by atoms with Crippen molar-refractivity contribution in [2.45, 2.75) is 19.4 Å². The highest BCUT2D eigenvalue weighted by Crippen LogP contribution is 1.94. The van der Waals surface area contributed by atoms with Crippen LogP contribution in [0.1, 0.15) is 12.8 Å². The molecule has 0 bridgehead atoms.